The fraction of sp³-hybridized carbons (Fsp3) is 0.261. The Morgan fingerprint density at radius 1 is 0.966 bits per heavy atom. The second-order valence-electron chi connectivity index (χ2n) is 7.41. The van der Waals surface area contributed by atoms with E-state index in [9.17, 15) is 13.2 Å². The van der Waals surface area contributed by atoms with Gasteiger partial charge in [-0.25, -0.2) is 8.42 Å². The van der Waals surface area contributed by atoms with Gasteiger partial charge in [-0.3, -0.25) is 4.79 Å². The lowest BCUT2D eigenvalue weighted by molar-refractivity contribution is -0.126. The number of benzene rings is 3. The molecule has 0 saturated carbocycles. The van der Waals surface area contributed by atoms with Crippen LogP contribution >= 0.6 is 0 Å². The summed E-state index contributed by atoms with van der Waals surface area (Å²) < 4.78 is 27.8. The van der Waals surface area contributed by atoms with E-state index >= 15 is 0 Å². The number of fused-ring (bicyclic) bond motifs is 1. The first-order chi connectivity index (χ1) is 14.0. The quantitative estimate of drug-likeness (QED) is 0.702. The zero-order chi connectivity index (χ0) is 20.3. The van der Waals surface area contributed by atoms with E-state index in [-0.39, 0.29) is 23.3 Å². The van der Waals surface area contributed by atoms with E-state index in [1.165, 1.54) is 4.31 Å². The number of sulfonamides is 1. The zero-order valence-electron chi connectivity index (χ0n) is 16.1. The second-order valence-corrected chi connectivity index (χ2v) is 9.35. The summed E-state index contributed by atoms with van der Waals surface area (Å²) in [5, 5.41) is 4.84. The van der Waals surface area contributed by atoms with Crippen LogP contribution in [0.5, 0.6) is 0 Å². The Balaban J connectivity index is 1.47. The lowest BCUT2D eigenvalue weighted by Crippen LogP contribution is -2.45. The third-order valence-corrected chi connectivity index (χ3v) is 7.28. The molecule has 0 spiro atoms. The van der Waals surface area contributed by atoms with Crippen molar-refractivity contribution in [2.75, 3.05) is 13.1 Å². The van der Waals surface area contributed by atoms with Gasteiger partial charge in [0.25, 0.3) is 0 Å². The van der Waals surface area contributed by atoms with Crippen LogP contribution in [0.4, 0.5) is 0 Å². The number of nitrogens with zero attached hydrogens (tertiary/aromatic N) is 1. The molecule has 1 saturated heterocycles. The molecular weight excluding hydrogens is 384 g/mol. The molecule has 0 unspecified atom stereocenters. The maximum absolute atomic E-state index is 13.2. The highest BCUT2D eigenvalue weighted by Gasteiger charge is 2.33. The summed E-state index contributed by atoms with van der Waals surface area (Å²) in [5.41, 5.74) is 1.03. The average Bonchev–Trinajstić information content (AvgIpc) is 2.78. The maximum atomic E-state index is 13.2. The molecule has 0 aliphatic carbocycles. The molecule has 1 amide bonds. The highest BCUT2D eigenvalue weighted by molar-refractivity contribution is 7.89. The minimum Gasteiger partial charge on any atom is -0.352 e. The first-order valence-electron chi connectivity index (χ1n) is 9.84. The first-order valence-corrected chi connectivity index (χ1v) is 11.3. The molecule has 4 rings (SSSR count). The number of amides is 1. The van der Waals surface area contributed by atoms with Crippen molar-refractivity contribution in [3.63, 3.8) is 0 Å². The number of nitrogens with one attached hydrogen (secondary N) is 1. The molecule has 0 radical (unpaired) electrons. The normalized spacial score (nSPS) is 17.9. The van der Waals surface area contributed by atoms with Gasteiger partial charge in [0.15, 0.2) is 0 Å². The molecule has 5 nitrogen and oxygen atoms in total. The molecule has 3 aromatic carbocycles. The highest BCUT2D eigenvalue weighted by atomic mass is 32.2. The standard InChI is InChI=1S/C23H24N2O3S/c26-23(24-16-18-7-2-1-3-8-18)21-11-6-14-25(17-21)29(27,28)22-13-12-19-9-4-5-10-20(19)15-22/h1-5,7-10,12-13,15,21H,6,11,14,16-17H2,(H,24,26)/t21-/m0/s1. The Labute approximate surface area is 171 Å². The number of hydrogen-bond acceptors (Lipinski definition) is 3. The topological polar surface area (TPSA) is 66.5 Å². The first kappa shape index (κ1) is 19.6. The largest absolute Gasteiger partial charge is 0.352 e. The summed E-state index contributed by atoms with van der Waals surface area (Å²) in [4.78, 5) is 12.9. The zero-order valence-corrected chi connectivity index (χ0v) is 16.9. The van der Waals surface area contributed by atoms with Crippen LogP contribution in [-0.2, 0) is 21.4 Å². The van der Waals surface area contributed by atoms with Crippen LogP contribution in [0.2, 0.25) is 0 Å². The summed E-state index contributed by atoms with van der Waals surface area (Å²) in [7, 11) is -3.63. The molecule has 29 heavy (non-hydrogen) atoms. The van der Waals surface area contributed by atoms with Crippen LogP contribution in [0, 0.1) is 5.92 Å². The maximum Gasteiger partial charge on any atom is 0.243 e. The Hall–Kier alpha value is -2.70. The third kappa shape index (κ3) is 4.33. The SMILES string of the molecule is O=C(NCc1ccccc1)[C@H]1CCCN(S(=O)(=O)c2ccc3ccccc3c2)C1. The minimum absolute atomic E-state index is 0.0905. The van der Waals surface area contributed by atoms with E-state index < -0.39 is 10.0 Å². The van der Waals surface area contributed by atoms with Crippen molar-refractivity contribution in [2.24, 2.45) is 5.92 Å². The molecule has 6 heteroatoms. The summed E-state index contributed by atoms with van der Waals surface area (Å²) in [6, 6.07) is 22.6. The second kappa shape index (κ2) is 8.35. The van der Waals surface area contributed by atoms with Gasteiger partial charge in [0.05, 0.1) is 10.8 Å². The van der Waals surface area contributed by atoms with Gasteiger partial charge in [-0.05, 0) is 41.3 Å². The Kier molecular flexibility index (Phi) is 5.65. The summed E-state index contributed by atoms with van der Waals surface area (Å²) in [5.74, 6) is -0.421. The number of hydrogen-bond donors (Lipinski definition) is 1. The summed E-state index contributed by atoms with van der Waals surface area (Å²) >= 11 is 0. The van der Waals surface area contributed by atoms with Crippen LogP contribution in [0.25, 0.3) is 10.8 Å². The third-order valence-electron chi connectivity index (χ3n) is 5.42. The van der Waals surface area contributed by atoms with E-state index in [4.69, 9.17) is 0 Å². The predicted octanol–water partition coefficient (Wildman–Crippen LogP) is 3.56. The molecule has 1 heterocycles. The smallest absolute Gasteiger partial charge is 0.243 e. The van der Waals surface area contributed by atoms with E-state index in [1.54, 1.807) is 12.1 Å². The number of carbonyl (C=O) groups excluding carboxylic acids is 1. The van der Waals surface area contributed by atoms with Crippen molar-refractivity contribution in [3.8, 4) is 0 Å². The van der Waals surface area contributed by atoms with Crippen molar-refractivity contribution < 1.29 is 13.2 Å². The van der Waals surface area contributed by atoms with Gasteiger partial charge in [0.2, 0.25) is 15.9 Å². The Morgan fingerprint density at radius 2 is 1.69 bits per heavy atom. The van der Waals surface area contributed by atoms with E-state index in [0.717, 1.165) is 16.3 Å². The summed E-state index contributed by atoms with van der Waals surface area (Å²) in [6.45, 7) is 1.11. The number of rotatable bonds is 5. The molecule has 1 aliphatic heterocycles. The van der Waals surface area contributed by atoms with Crippen molar-refractivity contribution in [2.45, 2.75) is 24.3 Å². The van der Waals surface area contributed by atoms with E-state index in [0.29, 0.717) is 25.9 Å². The lowest BCUT2D eigenvalue weighted by Gasteiger charge is -2.31. The molecule has 3 aromatic rings. The van der Waals surface area contributed by atoms with Gasteiger partial charge >= 0.3 is 0 Å². The van der Waals surface area contributed by atoms with Gasteiger partial charge < -0.3 is 5.32 Å². The van der Waals surface area contributed by atoms with Gasteiger partial charge in [0, 0.05) is 19.6 Å². The van der Waals surface area contributed by atoms with Gasteiger partial charge in [0.1, 0.15) is 0 Å². The summed E-state index contributed by atoms with van der Waals surface area (Å²) in [6.07, 6.45) is 1.38. The average molecular weight is 409 g/mol. The van der Waals surface area contributed by atoms with Crippen LogP contribution in [-0.4, -0.2) is 31.7 Å². The fourth-order valence-corrected chi connectivity index (χ4v) is 5.34. The van der Waals surface area contributed by atoms with Gasteiger partial charge in [-0.15, -0.1) is 0 Å². The van der Waals surface area contributed by atoms with Gasteiger partial charge in [-0.1, -0.05) is 60.7 Å². The molecule has 1 fully saturated rings. The lowest BCUT2D eigenvalue weighted by atomic mass is 9.99. The number of piperidine rings is 1. The molecule has 0 bridgehead atoms. The van der Waals surface area contributed by atoms with Crippen LogP contribution in [0.15, 0.2) is 77.7 Å². The van der Waals surface area contributed by atoms with Crippen molar-refractivity contribution in [3.05, 3.63) is 78.4 Å². The minimum atomic E-state index is -3.63. The van der Waals surface area contributed by atoms with Crippen molar-refractivity contribution in [1.29, 1.82) is 0 Å². The molecule has 1 N–H and O–H groups in total. The highest BCUT2D eigenvalue weighted by Crippen LogP contribution is 2.26. The van der Waals surface area contributed by atoms with Crippen LogP contribution < -0.4 is 5.32 Å². The predicted molar refractivity (Wildman–Crippen MR) is 114 cm³/mol. The molecule has 1 aliphatic rings. The molecule has 150 valence electrons. The van der Waals surface area contributed by atoms with Crippen molar-refractivity contribution >= 4 is 26.7 Å². The number of carbonyl (C=O) groups is 1. The Morgan fingerprint density at radius 3 is 2.48 bits per heavy atom. The van der Waals surface area contributed by atoms with Gasteiger partial charge in [-0.2, -0.15) is 4.31 Å². The van der Waals surface area contributed by atoms with Crippen LogP contribution in [0.1, 0.15) is 18.4 Å². The molecule has 1 atom stereocenters. The monoisotopic (exact) mass is 408 g/mol. The van der Waals surface area contributed by atoms with Crippen molar-refractivity contribution in [1.82, 2.24) is 9.62 Å². The van der Waals surface area contributed by atoms with E-state index in [2.05, 4.69) is 5.32 Å². The molecular formula is C23H24N2O3S. The van der Waals surface area contributed by atoms with Crippen LogP contribution in [0.3, 0.4) is 0 Å². The van der Waals surface area contributed by atoms with E-state index in [1.807, 2.05) is 60.7 Å². The fourth-order valence-electron chi connectivity index (χ4n) is 3.78. The molecule has 0 aromatic heterocycles. The Bertz CT molecular complexity index is 1110.